The summed E-state index contributed by atoms with van der Waals surface area (Å²) in [6.45, 7) is 4.09. The average Bonchev–Trinajstić information content (AvgIpc) is 3.00. The van der Waals surface area contributed by atoms with Crippen LogP contribution >= 0.6 is 11.3 Å². The fourth-order valence-corrected chi connectivity index (χ4v) is 3.16. The lowest BCUT2D eigenvalue weighted by Crippen LogP contribution is -1.88. The minimum Gasteiger partial charge on any atom is -0.260 e. The molecule has 0 spiro atoms. The molecule has 0 aliphatic carbocycles. The zero-order chi connectivity index (χ0) is 16.3. The lowest BCUT2D eigenvalue weighted by atomic mass is 10.1. The molecule has 2 aromatic heterocycles. The van der Waals surface area contributed by atoms with Crippen LogP contribution < -0.4 is 0 Å². The van der Waals surface area contributed by atoms with Gasteiger partial charge in [-0.15, -0.1) is 17.3 Å². The quantitative estimate of drug-likeness (QED) is 0.524. The molecule has 0 aromatic carbocycles. The van der Waals surface area contributed by atoms with Crippen molar-refractivity contribution in [2.75, 3.05) is 0 Å². The summed E-state index contributed by atoms with van der Waals surface area (Å²) in [6, 6.07) is 6.17. The monoisotopic (exact) mass is 321 g/mol. The first-order chi connectivity index (χ1) is 11.3. The van der Waals surface area contributed by atoms with Gasteiger partial charge in [0, 0.05) is 11.8 Å². The van der Waals surface area contributed by atoms with Gasteiger partial charge < -0.3 is 0 Å². The second-order valence-corrected chi connectivity index (χ2v) is 6.43. The number of aryl methyl sites for hydroxylation is 1. The second-order valence-electron chi connectivity index (χ2n) is 5.52. The van der Waals surface area contributed by atoms with Gasteiger partial charge in [-0.2, -0.15) is 0 Å². The van der Waals surface area contributed by atoms with Crippen molar-refractivity contribution in [2.24, 2.45) is 0 Å². The van der Waals surface area contributed by atoms with Crippen LogP contribution in [0.25, 0.3) is 0 Å². The highest BCUT2D eigenvalue weighted by atomic mass is 32.1. The van der Waals surface area contributed by atoms with Gasteiger partial charge in [0.2, 0.25) is 0 Å². The zero-order valence-corrected chi connectivity index (χ0v) is 14.8. The molecule has 0 saturated heterocycles. The number of pyridine rings is 1. The lowest BCUT2D eigenvalue weighted by molar-refractivity contribution is 0.667. The molecule has 2 heteroatoms. The maximum atomic E-state index is 4.35. The molecule has 0 aliphatic heterocycles. The molecule has 0 aliphatic rings. The van der Waals surface area contributed by atoms with E-state index in [9.17, 15) is 0 Å². The number of nitrogens with zero attached hydrogens (tertiary/aromatic N) is 1. The van der Waals surface area contributed by atoms with E-state index in [-0.39, 0.29) is 0 Å². The standard InChI is InChI=1S/C21H23NS/c1-3-5-6-7-10-19-16-21(23-17-19)12-8-11-20-15-18(9-4-2)13-14-22-20/h13-17H,3,5-7,10-11H2,1-2H3. The van der Waals surface area contributed by atoms with E-state index >= 15 is 0 Å². The number of hydrogen-bond acceptors (Lipinski definition) is 2. The molecule has 23 heavy (non-hydrogen) atoms. The van der Waals surface area contributed by atoms with Gasteiger partial charge in [0.25, 0.3) is 0 Å². The molecule has 0 N–H and O–H groups in total. The van der Waals surface area contributed by atoms with Gasteiger partial charge in [-0.1, -0.05) is 43.9 Å². The first-order valence-corrected chi connectivity index (χ1v) is 9.13. The van der Waals surface area contributed by atoms with E-state index in [0.29, 0.717) is 6.42 Å². The highest BCUT2D eigenvalue weighted by Crippen LogP contribution is 2.16. The van der Waals surface area contributed by atoms with Crippen molar-refractivity contribution < 1.29 is 0 Å². The number of hydrogen-bond donors (Lipinski definition) is 0. The van der Waals surface area contributed by atoms with E-state index in [1.54, 1.807) is 17.5 Å². The van der Waals surface area contributed by atoms with Crippen LogP contribution in [0.4, 0.5) is 0 Å². The maximum absolute atomic E-state index is 4.35. The fourth-order valence-electron chi connectivity index (χ4n) is 2.35. The Morgan fingerprint density at radius 1 is 1.13 bits per heavy atom. The second kappa shape index (κ2) is 9.88. The highest BCUT2D eigenvalue weighted by Gasteiger charge is 1.98. The minimum absolute atomic E-state index is 0.670. The Labute approximate surface area is 144 Å². The predicted octanol–water partition coefficient (Wildman–Crippen LogP) is 5.23. The van der Waals surface area contributed by atoms with Crippen molar-refractivity contribution in [1.82, 2.24) is 4.98 Å². The SMILES string of the molecule is CC#Cc1ccnc(CC#Cc2cc(CCCCCC)cs2)c1. The van der Waals surface area contributed by atoms with Gasteiger partial charge in [0.15, 0.2) is 0 Å². The summed E-state index contributed by atoms with van der Waals surface area (Å²) in [4.78, 5) is 5.50. The normalized spacial score (nSPS) is 9.65. The Morgan fingerprint density at radius 2 is 2.04 bits per heavy atom. The van der Waals surface area contributed by atoms with Crippen molar-refractivity contribution in [2.45, 2.75) is 52.4 Å². The molecule has 0 bridgehead atoms. The Hall–Kier alpha value is -2.03. The van der Waals surface area contributed by atoms with Crippen LogP contribution in [0.1, 0.15) is 61.2 Å². The summed E-state index contributed by atoms with van der Waals surface area (Å²) in [7, 11) is 0. The van der Waals surface area contributed by atoms with Gasteiger partial charge in [0.05, 0.1) is 17.0 Å². The summed E-state index contributed by atoms with van der Waals surface area (Å²) < 4.78 is 0. The Bertz CT molecular complexity index is 734. The van der Waals surface area contributed by atoms with Crippen molar-refractivity contribution in [3.8, 4) is 23.7 Å². The summed E-state index contributed by atoms with van der Waals surface area (Å²) in [5, 5.41) is 2.24. The molecule has 2 rings (SSSR count). The largest absolute Gasteiger partial charge is 0.260 e. The summed E-state index contributed by atoms with van der Waals surface area (Å²) in [5.74, 6) is 12.4. The van der Waals surface area contributed by atoms with Crippen molar-refractivity contribution in [3.63, 3.8) is 0 Å². The van der Waals surface area contributed by atoms with Crippen LogP contribution in [0.3, 0.4) is 0 Å². The predicted molar refractivity (Wildman–Crippen MR) is 99.5 cm³/mol. The van der Waals surface area contributed by atoms with Gasteiger partial charge in [-0.25, -0.2) is 0 Å². The molecule has 0 radical (unpaired) electrons. The Balaban J connectivity index is 1.88. The molecule has 2 heterocycles. The summed E-state index contributed by atoms with van der Waals surface area (Å²) in [5.41, 5.74) is 3.41. The number of rotatable bonds is 6. The van der Waals surface area contributed by atoms with Crippen LogP contribution in [0.15, 0.2) is 29.8 Å². The molecule has 0 unspecified atom stereocenters. The first-order valence-electron chi connectivity index (χ1n) is 8.25. The van der Waals surface area contributed by atoms with Crippen LogP contribution in [0.2, 0.25) is 0 Å². The molecular formula is C21H23NS. The summed E-state index contributed by atoms with van der Waals surface area (Å²) in [6.07, 6.45) is 8.89. The molecule has 2 aromatic rings. The third-order valence-electron chi connectivity index (χ3n) is 3.54. The van der Waals surface area contributed by atoms with Gasteiger partial charge >= 0.3 is 0 Å². The van der Waals surface area contributed by atoms with Crippen LogP contribution in [0.5, 0.6) is 0 Å². The number of aromatic nitrogens is 1. The van der Waals surface area contributed by atoms with Crippen LogP contribution in [-0.2, 0) is 12.8 Å². The van der Waals surface area contributed by atoms with E-state index in [2.05, 4.69) is 47.0 Å². The average molecular weight is 321 g/mol. The smallest absolute Gasteiger partial charge is 0.0771 e. The molecule has 1 nitrogen and oxygen atoms in total. The molecule has 0 atom stereocenters. The molecule has 118 valence electrons. The Morgan fingerprint density at radius 3 is 2.87 bits per heavy atom. The van der Waals surface area contributed by atoms with Gasteiger partial charge in [0.1, 0.15) is 0 Å². The third-order valence-corrected chi connectivity index (χ3v) is 4.43. The first kappa shape index (κ1) is 17.3. The highest BCUT2D eigenvalue weighted by molar-refractivity contribution is 7.10. The van der Waals surface area contributed by atoms with Gasteiger partial charge in [-0.3, -0.25) is 4.98 Å². The van der Waals surface area contributed by atoms with E-state index in [1.807, 2.05) is 19.1 Å². The van der Waals surface area contributed by atoms with Crippen LogP contribution in [0, 0.1) is 23.7 Å². The van der Waals surface area contributed by atoms with Gasteiger partial charge in [-0.05, 0) is 48.9 Å². The molecule has 0 amide bonds. The summed E-state index contributed by atoms with van der Waals surface area (Å²) >= 11 is 1.74. The Kier molecular flexibility index (Phi) is 7.44. The van der Waals surface area contributed by atoms with E-state index in [1.165, 1.54) is 37.7 Å². The number of unbranched alkanes of at least 4 members (excludes halogenated alkanes) is 3. The minimum atomic E-state index is 0.670. The number of thiophene rings is 1. The molecule has 0 saturated carbocycles. The van der Waals surface area contributed by atoms with E-state index in [4.69, 9.17) is 0 Å². The molecule has 0 fully saturated rings. The van der Waals surface area contributed by atoms with Crippen LogP contribution in [-0.4, -0.2) is 4.98 Å². The van der Waals surface area contributed by atoms with E-state index in [0.717, 1.165) is 16.1 Å². The third kappa shape index (κ3) is 6.31. The van der Waals surface area contributed by atoms with Crippen molar-refractivity contribution in [3.05, 3.63) is 51.5 Å². The van der Waals surface area contributed by atoms with E-state index < -0.39 is 0 Å². The zero-order valence-electron chi connectivity index (χ0n) is 14.0. The molecular weight excluding hydrogens is 298 g/mol. The fraction of sp³-hybridized carbons (Fsp3) is 0.381. The van der Waals surface area contributed by atoms with Crippen molar-refractivity contribution in [1.29, 1.82) is 0 Å². The maximum Gasteiger partial charge on any atom is 0.0771 e. The lowest BCUT2D eigenvalue weighted by Gasteiger charge is -1.96. The van der Waals surface area contributed by atoms with Crippen molar-refractivity contribution >= 4 is 11.3 Å². The topological polar surface area (TPSA) is 12.9 Å².